The maximum atomic E-state index is 14.4. The first kappa shape index (κ1) is 40.0. The van der Waals surface area contributed by atoms with Crippen LogP contribution in [0.5, 0.6) is 0 Å². The molecule has 55 heavy (non-hydrogen) atoms. The smallest absolute Gasteiger partial charge is 0.410 e. The van der Waals surface area contributed by atoms with Crippen molar-refractivity contribution >= 4 is 45.8 Å². The van der Waals surface area contributed by atoms with Gasteiger partial charge in [0.1, 0.15) is 29.3 Å². The van der Waals surface area contributed by atoms with E-state index in [2.05, 4.69) is 20.7 Å². The number of nitrogens with one attached hydrogen (secondary N) is 4. The molecule has 0 unspecified atom stereocenters. The molecule has 0 bridgehead atoms. The Morgan fingerprint density at radius 1 is 1.02 bits per heavy atom. The van der Waals surface area contributed by atoms with E-state index in [4.69, 9.17) is 9.47 Å². The predicted octanol–water partition coefficient (Wildman–Crippen LogP) is 2.75. The molecule has 1 saturated heterocycles. The van der Waals surface area contributed by atoms with Gasteiger partial charge in [0.05, 0.1) is 11.8 Å². The van der Waals surface area contributed by atoms with E-state index >= 15 is 0 Å². The fraction of sp³-hybridized carbons (Fsp3) is 0.632. The van der Waals surface area contributed by atoms with Crippen molar-refractivity contribution < 1.29 is 46.7 Å². The third-order valence-electron chi connectivity index (χ3n) is 10.6. The molecule has 2 aliphatic carbocycles. The van der Waals surface area contributed by atoms with E-state index in [0.29, 0.717) is 37.8 Å². The molecule has 2 saturated carbocycles. The van der Waals surface area contributed by atoms with Crippen molar-refractivity contribution in [1.82, 2.24) is 30.5 Å². The number of carbonyl (C=O) groups is 6. The normalized spacial score (nSPS) is 27.6. The molecule has 6 amide bonds. The molecular weight excluding hydrogens is 733 g/mol. The van der Waals surface area contributed by atoms with E-state index in [-0.39, 0.29) is 44.8 Å². The number of ether oxygens (including phenoxy) is 2. The maximum Gasteiger partial charge on any atom is 0.410 e. The summed E-state index contributed by atoms with van der Waals surface area (Å²) in [4.78, 5) is 83.9. The summed E-state index contributed by atoms with van der Waals surface area (Å²) in [5.41, 5.74) is -0.265. The van der Waals surface area contributed by atoms with Crippen LogP contribution in [0.15, 0.2) is 30.4 Å². The molecule has 5 aliphatic rings. The average molecular weight is 785 g/mol. The Balaban J connectivity index is 1.23. The molecule has 0 aromatic heterocycles. The summed E-state index contributed by atoms with van der Waals surface area (Å²) >= 11 is 0. The van der Waals surface area contributed by atoms with E-state index in [9.17, 15) is 37.2 Å². The van der Waals surface area contributed by atoms with E-state index < -0.39 is 80.4 Å². The first-order valence-corrected chi connectivity index (χ1v) is 20.7. The molecule has 5 atom stereocenters. The van der Waals surface area contributed by atoms with Crippen molar-refractivity contribution in [1.29, 1.82) is 0 Å². The highest BCUT2D eigenvalue weighted by atomic mass is 32.2. The van der Waals surface area contributed by atoms with Gasteiger partial charge in [0.15, 0.2) is 0 Å². The average Bonchev–Trinajstić information content (AvgIpc) is 3.99. The van der Waals surface area contributed by atoms with Crippen LogP contribution in [0, 0.1) is 5.92 Å². The van der Waals surface area contributed by atoms with Crippen LogP contribution < -0.4 is 20.7 Å². The van der Waals surface area contributed by atoms with Crippen molar-refractivity contribution in [3.8, 4) is 0 Å². The summed E-state index contributed by atoms with van der Waals surface area (Å²) in [7, 11) is -3.92. The lowest BCUT2D eigenvalue weighted by molar-refractivity contribution is -0.141. The third-order valence-corrected chi connectivity index (χ3v) is 12.4. The molecule has 0 radical (unpaired) electrons. The second-order valence-electron chi connectivity index (χ2n) is 16.2. The van der Waals surface area contributed by atoms with E-state index in [0.717, 1.165) is 24.0 Å². The van der Waals surface area contributed by atoms with Gasteiger partial charge in [-0.15, -0.1) is 0 Å². The number of nitrogens with zero attached hydrogens (tertiary/aromatic N) is 2. The lowest BCUT2D eigenvalue weighted by Crippen LogP contribution is -2.58. The van der Waals surface area contributed by atoms with Crippen LogP contribution in [0.3, 0.4) is 0 Å². The van der Waals surface area contributed by atoms with Gasteiger partial charge in [0, 0.05) is 37.5 Å². The van der Waals surface area contributed by atoms with Crippen molar-refractivity contribution in [3.05, 3.63) is 47.0 Å². The minimum atomic E-state index is -3.92. The molecule has 4 N–H and O–H groups in total. The monoisotopic (exact) mass is 784 g/mol. The van der Waals surface area contributed by atoms with E-state index in [1.807, 2.05) is 19.1 Å². The number of sulfonamides is 1. The van der Waals surface area contributed by atoms with Crippen molar-refractivity contribution in [2.75, 3.05) is 13.1 Å². The minimum Gasteiger partial charge on any atom is -0.444 e. The van der Waals surface area contributed by atoms with Gasteiger partial charge in [-0.2, -0.15) is 0 Å². The highest BCUT2D eigenvalue weighted by Crippen LogP contribution is 2.46. The number of hydrogen-bond acceptors (Lipinski definition) is 10. The molecule has 3 aliphatic heterocycles. The van der Waals surface area contributed by atoms with Crippen molar-refractivity contribution in [2.24, 2.45) is 5.92 Å². The van der Waals surface area contributed by atoms with Gasteiger partial charge in [0.25, 0.3) is 11.8 Å². The van der Waals surface area contributed by atoms with Crippen LogP contribution in [0.4, 0.5) is 9.59 Å². The van der Waals surface area contributed by atoms with E-state index in [1.54, 1.807) is 39.0 Å². The van der Waals surface area contributed by atoms with Gasteiger partial charge in [0.2, 0.25) is 21.8 Å². The molecule has 3 heterocycles. The van der Waals surface area contributed by atoms with Gasteiger partial charge < -0.3 is 30.3 Å². The summed E-state index contributed by atoms with van der Waals surface area (Å²) < 4.78 is 39.2. The van der Waals surface area contributed by atoms with Crippen LogP contribution >= 0.6 is 0 Å². The first-order chi connectivity index (χ1) is 26.0. The molecule has 17 heteroatoms. The fourth-order valence-electron chi connectivity index (χ4n) is 7.44. The van der Waals surface area contributed by atoms with Crippen LogP contribution in [0.1, 0.15) is 107 Å². The quantitative estimate of drug-likeness (QED) is 0.297. The van der Waals surface area contributed by atoms with E-state index in [1.165, 1.54) is 9.80 Å². The van der Waals surface area contributed by atoms with Crippen LogP contribution in [0.25, 0.3) is 0 Å². The largest absolute Gasteiger partial charge is 0.444 e. The zero-order valence-corrected chi connectivity index (χ0v) is 32.7. The number of benzene rings is 1. The Labute approximate surface area is 321 Å². The Hall–Kier alpha value is -4.67. The molecule has 1 aromatic rings. The summed E-state index contributed by atoms with van der Waals surface area (Å²) in [5, 5.41) is 7.60. The predicted molar refractivity (Wildman–Crippen MR) is 199 cm³/mol. The fourth-order valence-corrected chi connectivity index (χ4v) is 8.81. The van der Waals surface area contributed by atoms with Crippen LogP contribution in [-0.4, -0.2) is 102 Å². The van der Waals surface area contributed by atoms with Gasteiger partial charge in [-0.1, -0.05) is 31.1 Å². The first-order valence-electron chi connectivity index (χ1n) is 19.2. The van der Waals surface area contributed by atoms with Gasteiger partial charge in [-0.05, 0) is 89.5 Å². The lowest BCUT2D eigenvalue weighted by Gasteiger charge is -2.30. The SMILES string of the molecule is CCNC(=O)c1ccc2c(c1)CN(C(=O)O[C@@H]1C[C@H]3C(=O)N[C@]4(C(=O)NS(=O)(=O)C5CC5)C[C@H]4/C=C/CCCCC[C@H](NC(=O)OC(C)(C)C)C(=O)N3C1)C2. The Kier molecular flexibility index (Phi) is 11.5. The van der Waals surface area contributed by atoms with Crippen molar-refractivity contribution in [2.45, 2.75) is 133 Å². The molecule has 1 aromatic carbocycles. The molecule has 6 rings (SSSR count). The zero-order chi connectivity index (χ0) is 39.7. The lowest BCUT2D eigenvalue weighted by atomic mass is 10.0. The number of carbonyl (C=O) groups excluding carboxylic acids is 6. The zero-order valence-electron chi connectivity index (χ0n) is 31.9. The second kappa shape index (κ2) is 15.8. The van der Waals surface area contributed by atoms with Gasteiger partial charge >= 0.3 is 12.2 Å². The number of amides is 6. The third kappa shape index (κ3) is 9.42. The summed E-state index contributed by atoms with van der Waals surface area (Å²) in [6.07, 6.45) is 5.28. The molecular formula is C38H52N6O10S. The van der Waals surface area contributed by atoms with Crippen molar-refractivity contribution in [3.63, 3.8) is 0 Å². The molecule has 0 spiro atoms. The van der Waals surface area contributed by atoms with Crippen LogP contribution in [0.2, 0.25) is 0 Å². The summed E-state index contributed by atoms with van der Waals surface area (Å²) in [6.45, 7) is 7.66. The summed E-state index contributed by atoms with van der Waals surface area (Å²) in [5.74, 6) is -2.81. The number of hydrogen-bond donors (Lipinski definition) is 4. The molecule has 300 valence electrons. The topological polar surface area (TPSA) is 210 Å². The van der Waals surface area contributed by atoms with Gasteiger partial charge in [-0.3, -0.25) is 28.8 Å². The maximum absolute atomic E-state index is 14.4. The number of rotatable bonds is 7. The van der Waals surface area contributed by atoms with Crippen LogP contribution in [-0.2, 0) is 47.0 Å². The Morgan fingerprint density at radius 2 is 1.76 bits per heavy atom. The second-order valence-corrected chi connectivity index (χ2v) is 18.1. The highest BCUT2D eigenvalue weighted by molar-refractivity contribution is 7.91. The Morgan fingerprint density at radius 3 is 2.47 bits per heavy atom. The number of allylic oxidation sites excluding steroid dienone is 1. The van der Waals surface area contributed by atoms with Gasteiger partial charge in [-0.25, -0.2) is 18.0 Å². The minimum absolute atomic E-state index is 0.108. The summed E-state index contributed by atoms with van der Waals surface area (Å²) in [6, 6.07) is 2.94. The highest BCUT2D eigenvalue weighted by Gasteiger charge is 2.62. The molecule has 16 nitrogen and oxygen atoms in total. The number of alkyl carbamates (subject to hydrolysis) is 1. The standard InChI is InChI=1S/C38H52N6O10S/c1-5-39-31(45)23-13-14-24-20-43(21-25(24)17-23)36(50)53-27-18-30-32(46)41-38(34(48)42-55(51,52)28-15-16-28)19-26(38)11-9-7-6-8-10-12-29(33(47)44(30)22-27)40-35(49)54-37(2,3)4/h9,11,13-14,17,26-30H,5-8,10,12,15-16,18-22H2,1-4H3,(H,39,45)(H,40,49)(H,41,46)(H,42,48)/b11-9+/t26-,27-,29+,30+,38-/m1/s1. The Bertz CT molecular complexity index is 1860. The molecule has 3 fully saturated rings. The number of fused-ring (bicyclic) bond motifs is 3.